The Balaban J connectivity index is 1.37. The summed E-state index contributed by atoms with van der Waals surface area (Å²) in [6.45, 7) is 17.7. The molecule has 0 N–H and O–H groups in total. The fraction of sp³-hybridized carbons (Fsp3) is 0.472. The van der Waals surface area contributed by atoms with Gasteiger partial charge in [-0.1, -0.05) is 205 Å². The highest BCUT2D eigenvalue weighted by atomic mass is 15.1. The van der Waals surface area contributed by atoms with Crippen molar-refractivity contribution in [1.82, 2.24) is 19.9 Å². The summed E-state index contributed by atoms with van der Waals surface area (Å²) < 4.78 is 0. The number of pyridine rings is 1. The van der Waals surface area contributed by atoms with E-state index in [2.05, 4.69) is 134 Å². The molecule has 0 bridgehead atoms. The molecule has 0 saturated carbocycles. The summed E-state index contributed by atoms with van der Waals surface area (Å²) in [5.74, 6) is 2.31. The number of nitrogens with zero attached hydrogens (tertiary/aromatic N) is 4. The van der Waals surface area contributed by atoms with Crippen LogP contribution in [0, 0.1) is 0 Å². The van der Waals surface area contributed by atoms with Gasteiger partial charge in [0.25, 0.3) is 0 Å². The monoisotopic (exact) mass is 759 g/mol. The smallest absolute Gasteiger partial charge is 0.165 e. The fourth-order valence-electron chi connectivity index (χ4n) is 9.26. The first-order valence-corrected chi connectivity index (χ1v) is 22.3. The first-order chi connectivity index (χ1) is 27.5. The number of fused-ring (bicyclic) bond motifs is 6. The number of rotatable bonds is 16. The van der Waals surface area contributed by atoms with Crippen LogP contribution in [0.15, 0.2) is 85.1 Å². The minimum Gasteiger partial charge on any atom is -0.255 e. The molecule has 4 aromatic carbocycles. The van der Waals surface area contributed by atoms with Crippen LogP contribution in [0.4, 0.5) is 0 Å². The van der Waals surface area contributed by atoms with Crippen LogP contribution in [-0.2, 0) is 16.2 Å². The van der Waals surface area contributed by atoms with Crippen molar-refractivity contribution in [2.24, 2.45) is 0 Å². The van der Waals surface area contributed by atoms with Crippen LogP contribution in [-0.4, -0.2) is 19.9 Å². The van der Waals surface area contributed by atoms with E-state index < -0.39 is 0 Å². The quantitative estimate of drug-likeness (QED) is 0.0922. The molecule has 0 radical (unpaired) electrons. The zero-order valence-corrected chi connectivity index (χ0v) is 36.3. The zero-order chi connectivity index (χ0) is 40.2. The fourth-order valence-corrected chi connectivity index (χ4v) is 9.26. The van der Waals surface area contributed by atoms with Gasteiger partial charge in [-0.2, -0.15) is 0 Å². The van der Waals surface area contributed by atoms with E-state index in [0.29, 0.717) is 5.82 Å². The van der Waals surface area contributed by atoms with Gasteiger partial charge in [0.15, 0.2) is 5.82 Å². The number of hydrogen-bond acceptors (Lipinski definition) is 4. The normalized spacial score (nSPS) is 13.7. The van der Waals surface area contributed by atoms with E-state index in [0.717, 1.165) is 33.7 Å². The molecular weight excluding hydrogens is 693 g/mol. The third kappa shape index (κ3) is 8.43. The van der Waals surface area contributed by atoms with E-state index in [1.54, 1.807) is 5.56 Å². The molecule has 0 atom stereocenters. The minimum absolute atomic E-state index is 0.0203. The van der Waals surface area contributed by atoms with Crippen LogP contribution in [0.2, 0.25) is 0 Å². The molecule has 0 fully saturated rings. The summed E-state index contributed by atoms with van der Waals surface area (Å²) in [4.78, 5) is 20.5. The molecule has 0 spiro atoms. The minimum atomic E-state index is -0.217. The Bertz CT molecular complexity index is 2270. The average Bonchev–Trinajstić information content (AvgIpc) is 3.48. The summed E-state index contributed by atoms with van der Waals surface area (Å²) in [5, 5.41) is 4.95. The lowest BCUT2D eigenvalue weighted by molar-refractivity contribution is 0.398. The second-order valence-corrected chi connectivity index (χ2v) is 19.0. The summed E-state index contributed by atoms with van der Waals surface area (Å²) in [5.41, 5.74) is 8.63. The van der Waals surface area contributed by atoms with Gasteiger partial charge in [0.2, 0.25) is 0 Å². The van der Waals surface area contributed by atoms with Gasteiger partial charge in [-0.25, -0.2) is 15.0 Å². The Hall–Kier alpha value is -4.44. The van der Waals surface area contributed by atoms with E-state index in [4.69, 9.17) is 19.9 Å². The Morgan fingerprint density at radius 1 is 0.509 bits per heavy atom. The second-order valence-electron chi connectivity index (χ2n) is 19.0. The van der Waals surface area contributed by atoms with Crippen LogP contribution < -0.4 is 0 Å². The molecule has 2 heterocycles. The van der Waals surface area contributed by atoms with Crippen molar-refractivity contribution < 1.29 is 0 Å². The highest BCUT2D eigenvalue weighted by Crippen LogP contribution is 2.57. The maximum absolute atomic E-state index is 5.32. The van der Waals surface area contributed by atoms with E-state index in [1.165, 1.54) is 123 Å². The Kier molecular flexibility index (Phi) is 12.3. The molecule has 2 aromatic heterocycles. The van der Waals surface area contributed by atoms with Crippen molar-refractivity contribution in [2.45, 2.75) is 162 Å². The van der Waals surface area contributed by atoms with Gasteiger partial charge in [-0.3, -0.25) is 4.98 Å². The predicted octanol–water partition coefficient (Wildman–Crippen LogP) is 15.3. The van der Waals surface area contributed by atoms with Gasteiger partial charge in [0, 0.05) is 39.0 Å². The third-order valence-corrected chi connectivity index (χ3v) is 12.4. The van der Waals surface area contributed by atoms with Crippen molar-refractivity contribution in [3.63, 3.8) is 0 Å². The lowest BCUT2D eigenvalue weighted by Crippen LogP contribution is -2.25. The Morgan fingerprint density at radius 2 is 1.07 bits per heavy atom. The van der Waals surface area contributed by atoms with Crippen LogP contribution in [0.1, 0.15) is 168 Å². The van der Waals surface area contributed by atoms with E-state index in [1.807, 2.05) is 6.20 Å². The predicted molar refractivity (Wildman–Crippen MR) is 243 cm³/mol. The maximum atomic E-state index is 5.32. The van der Waals surface area contributed by atoms with Crippen LogP contribution in [0.3, 0.4) is 0 Å². The van der Waals surface area contributed by atoms with E-state index in [-0.39, 0.29) is 16.2 Å². The molecule has 0 amide bonds. The Morgan fingerprint density at radius 3 is 1.68 bits per heavy atom. The summed E-state index contributed by atoms with van der Waals surface area (Å²) >= 11 is 0. The number of aromatic nitrogens is 4. The van der Waals surface area contributed by atoms with Gasteiger partial charge in [0.05, 0.1) is 5.69 Å². The Labute approximate surface area is 343 Å². The van der Waals surface area contributed by atoms with Gasteiger partial charge in [0.1, 0.15) is 11.6 Å². The highest BCUT2D eigenvalue weighted by Gasteiger charge is 2.43. The second kappa shape index (κ2) is 17.2. The van der Waals surface area contributed by atoms with Gasteiger partial charge in [-0.15, -0.1) is 0 Å². The van der Waals surface area contributed by atoms with Crippen molar-refractivity contribution in [3.8, 4) is 33.8 Å². The lowest BCUT2D eigenvalue weighted by Gasteiger charge is -2.33. The first-order valence-electron chi connectivity index (χ1n) is 22.3. The number of benzene rings is 4. The largest absolute Gasteiger partial charge is 0.255 e. The topological polar surface area (TPSA) is 51.6 Å². The number of unbranched alkanes of at least 4 members (excludes halogenated alkanes) is 10. The summed E-state index contributed by atoms with van der Waals surface area (Å²) in [7, 11) is 0. The highest BCUT2D eigenvalue weighted by molar-refractivity contribution is 6.05. The molecule has 298 valence electrons. The molecule has 4 nitrogen and oxygen atoms in total. The van der Waals surface area contributed by atoms with Crippen LogP contribution in [0.25, 0.3) is 55.3 Å². The van der Waals surface area contributed by atoms with E-state index >= 15 is 0 Å². The standard InChI is InChI=1S/C53H66N4/c1-9-11-13-15-17-23-33-53(34-24-18-16-14-12-10-2)44-32-30-37-25-19-20-26-39(37)46(44)42-31-29-38(35-45(42)53)47-41-28-22-21-27-40(41)43(36-54-47)48-55-49(51(3,4)5)57-50(56-48)52(6,7)8/h19-22,25-32,35-36H,9-18,23-24,33-34H2,1-8H3. The molecule has 7 rings (SSSR count). The number of hydrogen-bond donors (Lipinski definition) is 0. The molecule has 1 aliphatic carbocycles. The third-order valence-electron chi connectivity index (χ3n) is 12.4. The van der Waals surface area contributed by atoms with Crippen molar-refractivity contribution in [1.29, 1.82) is 0 Å². The molecule has 0 unspecified atom stereocenters. The molecular formula is C53H66N4. The molecule has 1 aliphatic rings. The molecule has 6 aromatic rings. The van der Waals surface area contributed by atoms with Gasteiger partial charge in [-0.05, 0) is 57.3 Å². The molecule has 0 saturated heterocycles. The van der Waals surface area contributed by atoms with Crippen LogP contribution in [0.5, 0.6) is 0 Å². The first kappa shape index (κ1) is 40.7. The molecule has 57 heavy (non-hydrogen) atoms. The van der Waals surface area contributed by atoms with Gasteiger partial charge < -0.3 is 0 Å². The summed E-state index contributed by atoms with van der Waals surface area (Å²) in [6.07, 6.45) is 20.1. The van der Waals surface area contributed by atoms with Gasteiger partial charge >= 0.3 is 0 Å². The summed E-state index contributed by atoms with van der Waals surface area (Å²) in [6, 6.07) is 29.9. The van der Waals surface area contributed by atoms with E-state index in [9.17, 15) is 0 Å². The SMILES string of the molecule is CCCCCCCCC1(CCCCCCCC)c2cc(-c3ncc(-c4nc(C(C)(C)C)nc(C(C)(C)C)n4)c4ccccc34)ccc2-c2c1ccc1ccccc21. The molecule has 4 heteroatoms. The lowest BCUT2D eigenvalue weighted by atomic mass is 9.70. The zero-order valence-electron chi connectivity index (χ0n) is 36.3. The van der Waals surface area contributed by atoms with Crippen LogP contribution >= 0.6 is 0 Å². The molecule has 0 aliphatic heterocycles. The van der Waals surface area contributed by atoms with Crippen molar-refractivity contribution in [3.05, 3.63) is 108 Å². The average molecular weight is 759 g/mol. The van der Waals surface area contributed by atoms with Crippen molar-refractivity contribution in [2.75, 3.05) is 0 Å². The van der Waals surface area contributed by atoms with Crippen molar-refractivity contribution >= 4 is 21.5 Å². The maximum Gasteiger partial charge on any atom is 0.165 e.